The van der Waals surface area contributed by atoms with Gasteiger partial charge >= 0.3 is 6.18 Å². The van der Waals surface area contributed by atoms with Crippen LogP contribution in [0.2, 0.25) is 5.02 Å². The van der Waals surface area contributed by atoms with Crippen LogP contribution in [-0.4, -0.2) is 22.3 Å². The van der Waals surface area contributed by atoms with Crippen LogP contribution >= 0.6 is 23.4 Å². The van der Waals surface area contributed by atoms with Crippen LogP contribution in [0.4, 0.5) is 18.9 Å². The number of carbonyl (C=O) groups excluding carboxylic acids is 2. The molecule has 5 nitrogen and oxygen atoms in total. The topological polar surface area (TPSA) is 81.6 Å². The zero-order valence-corrected chi connectivity index (χ0v) is 12.2. The second-order valence-electron chi connectivity index (χ2n) is 4.25. The monoisotopic (exact) mass is 351 g/mol. The lowest BCUT2D eigenvalue weighted by atomic mass is 10.2. The number of benzene rings is 1. The number of alkyl halides is 3. The number of nitrogens with zero attached hydrogens (tertiary/aromatic N) is 1. The highest BCUT2D eigenvalue weighted by molar-refractivity contribution is 8.15. The molecule has 1 heterocycles. The summed E-state index contributed by atoms with van der Waals surface area (Å²) >= 11 is 6.28. The molecule has 1 fully saturated rings. The first-order valence-corrected chi connectivity index (χ1v) is 7.05. The Labute approximate surface area is 131 Å². The van der Waals surface area contributed by atoms with Gasteiger partial charge in [-0.1, -0.05) is 23.4 Å². The molecule has 0 aromatic heterocycles. The summed E-state index contributed by atoms with van der Waals surface area (Å²) in [6.45, 7) is 0. The van der Waals surface area contributed by atoms with Crippen molar-refractivity contribution in [3.8, 4) is 0 Å². The van der Waals surface area contributed by atoms with E-state index in [0.717, 1.165) is 23.9 Å². The quantitative estimate of drug-likeness (QED) is 0.899. The van der Waals surface area contributed by atoms with E-state index in [9.17, 15) is 27.9 Å². The normalized spacial score (nSPS) is 20.3. The Morgan fingerprint density at radius 2 is 2.14 bits per heavy atom. The van der Waals surface area contributed by atoms with Crippen LogP contribution in [0.1, 0.15) is 12.0 Å². The van der Waals surface area contributed by atoms with Crippen LogP contribution in [-0.2, 0) is 15.8 Å². The van der Waals surface area contributed by atoms with Gasteiger partial charge in [-0.25, -0.2) is 4.99 Å². The number of carboxylic acid groups (broad SMARTS) is 1. The lowest BCUT2D eigenvalue weighted by Gasteiger charge is -2.10. The molecule has 1 atom stereocenters. The van der Waals surface area contributed by atoms with E-state index in [0.29, 0.717) is 0 Å². The van der Waals surface area contributed by atoms with Crippen molar-refractivity contribution in [2.24, 2.45) is 4.99 Å². The minimum absolute atomic E-state index is 0.103. The van der Waals surface area contributed by atoms with Gasteiger partial charge in [0.05, 0.1) is 16.5 Å². The smallest absolute Gasteiger partial charge is 0.418 e. The number of aliphatic carboxylic acids is 1. The second kappa shape index (κ2) is 6.17. The molecule has 0 aliphatic carbocycles. The fourth-order valence-electron chi connectivity index (χ4n) is 1.69. The number of nitrogens with one attached hydrogen (secondary N) is 1. The first-order valence-electron chi connectivity index (χ1n) is 5.79. The summed E-state index contributed by atoms with van der Waals surface area (Å²) in [5.74, 6) is -2.08. The number of aliphatic imine (C=N–C) groups is 1. The van der Waals surface area contributed by atoms with Crippen molar-refractivity contribution in [1.29, 1.82) is 0 Å². The number of carbonyl (C=O) groups is 2. The summed E-state index contributed by atoms with van der Waals surface area (Å²) in [6, 6.07) is 3.02. The lowest BCUT2D eigenvalue weighted by Crippen LogP contribution is -2.31. The van der Waals surface area contributed by atoms with Crippen LogP contribution in [0.25, 0.3) is 0 Å². The Bertz CT molecular complexity index is 664. The number of hydrogen-bond acceptors (Lipinski definition) is 5. The van der Waals surface area contributed by atoms with Gasteiger partial charge in [-0.15, -0.1) is 0 Å². The molecule has 10 heteroatoms. The highest BCUT2D eigenvalue weighted by Gasteiger charge is 2.35. The number of halogens is 4. The van der Waals surface area contributed by atoms with Crippen molar-refractivity contribution in [2.75, 3.05) is 0 Å². The van der Waals surface area contributed by atoms with Gasteiger partial charge in [-0.05, 0) is 18.2 Å². The van der Waals surface area contributed by atoms with Gasteiger partial charge in [0, 0.05) is 17.4 Å². The third-order valence-corrected chi connectivity index (χ3v) is 3.93. The number of rotatable bonds is 3. The fraction of sp³-hybridized carbons (Fsp3) is 0.250. The maximum Gasteiger partial charge on any atom is 0.418 e. The van der Waals surface area contributed by atoms with Gasteiger partial charge in [0.1, 0.15) is 0 Å². The molecule has 1 aromatic carbocycles. The molecule has 0 unspecified atom stereocenters. The maximum atomic E-state index is 12.9. The first kappa shape index (κ1) is 16.6. The molecule has 0 radical (unpaired) electrons. The molecule has 1 aliphatic rings. The Morgan fingerprint density at radius 1 is 1.45 bits per heavy atom. The minimum Gasteiger partial charge on any atom is -0.550 e. The third-order valence-electron chi connectivity index (χ3n) is 2.61. The average Bonchev–Trinajstić information content (AvgIpc) is 2.70. The predicted molar refractivity (Wildman–Crippen MR) is 72.7 cm³/mol. The standard InChI is InChI=1S/C12H8ClF3N2O3S/c13-5-1-2-7(6(3-5)12(14,15)16)17-11-18-10(21)8(22-11)4-9(19)20/h1-3,8H,4H2,(H,19,20)(H,17,18,21)/p-1/t8-/m0/s1. The molecule has 1 aliphatic heterocycles. The molecular weight excluding hydrogens is 345 g/mol. The Balaban J connectivity index is 2.31. The van der Waals surface area contributed by atoms with Crippen molar-refractivity contribution < 1.29 is 27.9 Å². The van der Waals surface area contributed by atoms with E-state index in [2.05, 4.69) is 10.3 Å². The van der Waals surface area contributed by atoms with Crippen LogP contribution in [0.5, 0.6) is 0 Å². The Morgan fingerprint density at radius 3 is 2.73 bits per heavy atom. The van der Waals surface area contributed by atoms with Crippen molar-refractivity contribution >= 4 is 46.1 Å². The average molecular weight is 352 g/mol. The van der Waals surface area contributed by atoms with Gasteiger partial charge in [0.25, 0.3) is 0 Å². The van der Waals surface area contributed by atoms with E-state index in [1.54, 1.807) is 0 Å². The van der Waals surface area contributed by atoms with Crippen LogP contribution in [0, 0.1) is 0 Å². The molecule has 1 N–H and O–H groups in total. The Kier molecular flexibility index (Phi) is 4.66. The van der Waals surface area contributed by atoms with E-state index in [1.165, 1.54) is 6.07 Å². The summed E-state index contributed by atoms with van der Waals surface area (Å²) in [5, 5.41) is 11.5. The van der Waals surface area contributed by atoms with Crippen molar-refractivity contribution in [1.82, 2.24) is 5.32 Å². The number of hydrogen-bond donors (Lipinski definition) is 1. The van der Waals surface area contributed by atoms with Crippen LogP contribution in [0.3, 0.4) is 0 Å². The number of carboxylic acids is 1. The first-order chi connectivity index (χ1) is 10.2. The minimum atomic E-state index is -4.66. The van der Waals surface area contributed by atoms with E-state index in [-0.39, 0.29) is 10.2 Å². The highest BCUT2D eigenvalue weighted by atomic mass is 35.5. The summed E-state index contributed by atoms with van der Waals surface area (Å²) in [7, 11) is 0. The molecular formula is C12H7ClF3N2O3S-. The van der Waals surface area contributed by atoms with Crippen LogP contribution in [0.15, 0.2) is 23.2 Å². The van der Waals surface area contributed by atoms with E-state index in [4.69, 9.17) is 11.6 Å². The second-order valence-corrected chi connectivity index (χ2v) is 5.88. The van der Waals surface area contributed by atoms with Crippen molar-refractivity contribution in [3.05, 3.63) is 28.8 Å². The molecule has 0 bridgehead atoms. The van der Waals surface area contributed by atoms with E-state index >= 15 is 0 Å². The molecule has 22 heavy (non-hydrogen) atoms. The largest absolute Gasteiger partial charge is 0.550 e. The van der Waals surface area contributed by atoms with Gasteiger partial charge in [0.15, 0.2) is 5.17 Å². The van der Waals surface area contributed by atoms with Gasteiger partial charge < -0.3 is 15.2 Å². The van der Waals surface area contributed by atoms with Gasteiger partial charge in [-0.2, -0.15) is 13.2 Å². The zero-order valence-electron chi connectivity index (χ0n) is 10.6. The van der Waals surface area contributed by atoms with Gasteiger partial charge in [-0.3, -0.25) is 4.79 Å². The molecule has 1 amide bonds. The summed E-state index contributed by atoms with van der Waals surface area (Å²) in [4.78, 5) is 25.7. The zero-order chi connectivity index (χ0) is 16.5. The predicted octanol–water partition coefficient (Wildman–Crippen LogP) is 1.72. The Hall–Kier alpha value is -1.74. The lowest BCUT2D eigenvalue weighted by molar-refractivity contribution is -0.305. The van der Waals surface area contributed by atoms with Crippen molar-refractivity contribution in [2.45, 2.75) is 17.8 Å². The summed E-state index contributed by atoms with van der Waals surface area (Å²) in [5.41, 5.74) is -1.47. The molecule has 0 saturated carbocycles. The number of amidine groups is 1. The molecule has 0 spiro atoms. The van der Waals surface area contributed by atoms with Gasteiger partial charge in [0.2, 0.25) is 5.91 Å². The highest BCUT2D eigenvalue weighted by Crippen LogP contribution is 2.38. The molecule has 118 valence electrons. The van der Waals surface area contributed by atoms with E-state index in [1.807, 2.05) is 0 Å². The summed E-state index contributed by atoms with van der Waals surface area (Å²) in [6.07, 6.45) is -5.22. The molecule has 1 aromatic rings. The van der Waals surface area contributed by atoms with Crippen molar-refractivity contribution in [3.63, 3.8) is 0 Å². The maximum absolute atomic E-state index is 12.9. The van der Waals surface area contributed by atoms with Crippen LogP contribution < -0.4 is 10.4 Å². The molecule has 1 saturated heterocycles. The third kappa shape index (κ3) is 3.92. The SMILES string of the molecule is O=C([O-])C[C@@H]1SC(=Nc2ccc(Cl)cc2C(F)(F)F)NC1=O. The summed E-state index contributed by atoms with van der Waals surface area (Å²) < 4.78 is 38.8. The fourth-order valence-corrected chi connectivity index (χ4v) is 2.82. The number of thioether (sulfide) groups is 1. The molecule has 2 rings (SSSR count). The number of amides is 1. The van der Waals surface area contributed by atoms with E-state index < -0.39 is 41.0 Å².